The molecule has 3 nitrogen and oxygen atoms in total. The number of rotatable bonds is 6. The van der Waals surface area contributed by atoms with Gasteiger partial charge in [-0.05, 0) is 30.5 Å². The number of hydrogen-bond donors (Lipinski definition) is 1. The summed E-state index contributed by atoms with van der Waals surface area (Å²) in [5, 5.41) is 0. The van der Waals surface area contributed by atoms with E-state index in [1.54, 1.807) is 6.07 Å². The molecule has 0 bridgehead atoms. The highest BCUT2D eigenvalue weighted by atomic mass is 19.4. The molecule has 0 aliphatic heterocycles. The van der Waals surface area contributed by atoms with Gasteiger partial charge in [0.25, 0.3) is 0 Å². The summed E-state index contributed by atoms with van der Waals surface area (Å²) in [6, 6.07) is 5.71. The largest absolute Gasteiger partial charge is 0.573 e. The fraction of sp³-hybridized carbons (Fsp3) is 0.538. The lowest BCUT2D eigenvalue weighted by atomic mass is 9.90. The minimum absolute atomic E-state index is 0.0765. The zero-order chi connectivity index (χ0) is 14.5. The molecule has 0 unspecified atom stereocenters. The Morgan fingerprint density at radius 3 is 2.21 bits per heavy atom. The fourth-order valence-electron chi connectivity index (χ4n) is 1.32. The summed E-state index contributed by atoms with van der Waals surface area (Å²) in [5.74, 6) is -0.256. The van der Waals surface area contributed by atoms with E-state index < -0.39 is 6.36 Å². The highest BCUT2D eigenvalue weighted by Gasteiger charge is 2.32. The van der Waals surface area contributed by atoms with Crippen LogP contribution in [0.15, 0.2) is 24.3 Å². The highest BCUT2D eigenvalue weighted by Crippen LogP contribution is 2.32. The predicted molar refractivity (Wildman–Crippen MR) is 66.1 cm³/mol. The maximum atomic E-state index is 12.2. The first-order chi connectivity index (χ1) is 8.73. The molecule has 2 N–H and O–H groups in total. The van der Waals surface area contributed by atoms with Gasteiger partial charge in [-0.15, -0.1) is 13.2 Å². The van der Waals surface area contributed by atoms with E-state index in [1.165, 1.54) is 18.2 Å². The minimum Gasteiger partial charge on any atom is -0.490 e. The standard InChI is InChI=1S/C13H18F3NO2/c1-12(2,9-17)7-8-18-10-5-3-4-6-11(10)19-13(14,15)16/h3-6H,7-9,17H2,1-2H3. The Bertz CT molecular complexity index is 405. The van der Waals surface area contributed by atoms with Crippen molar-refractivity contribution in [2.75, 3.05) is 13.2 Å². The monoisotopic (exact) mass is 277 g/mol. The fourth-order valence-corrected chi connectivity index (χ4v) is 1.32. The predicted octanol–water partition coefficient (Wildman–Crippen LogP) is 3.34. The van der Waals surface area contributed by atoms with E-state index in [0.717, 1.165) is 0 Å². The Kier molecular flexibility index (Phi) is 5.05. The summed E-state index contributed by atoms with van der Waals surface area (Å²) in [6.07, 6.45) is -4.08. The van der Waals surface area contributed by atoms with Crippen molar-refractivity contribution >= 4 is 0 Å². The van der Waals surface area contributed by atoms with Crippen LogP contribution < -0.4 is 15.2 Å². The molecule has 6 heteroatoms. The van der Waals surface area contributed by atoms with E-state index in [-0.39, 0.29) is 23.5 Å². The second-order valence-electron chi connectivity index (χ2n) is 4.96. The van der Waals surface area contributed by atoms with Gasteiger partial charge in [0.15, 0.2) is 11.5 Å². The quantitative estimate of drug-likeness (QED) is 0.867. The maximum absolute atomic E-state index is 12.2. The van der Waals surface area contributed by atoms with Gasteiger partial charge in [-0.3, -0.25) is 0 Å². The van der Waals surface area contributed by atoms with Crippen LogP contribution in [0.4, 0.5) is 13.2 Å². The third-order valence-corrected chi connectivity index (χ3v) is 2.66. The van der Waals surface area contributed by atoms with Crippen LogP contribution in [0, 0.1) is 5.41 Å². The van der Waals surface area contributed by atoms with Gasteiger partial charge in [0, 0.05) is 0 Å². The van der Waals surface area contributed by atoms with Crippen molar-refractivity contribution in [3.8, 4) is 11.5 Å². The second kappa shape index (κ2) is 6.14. The van der Waals surface area contributed by atoms with E-state index in [4.69, 9.17) is 10.5 Å². The molecule has 0 aromatic heterocycles. The van der Waals surface area contributed by atoms with Crippen LogP contribution in [0.2, 0.25) is 0 Å². The van der Waals surface area contributed by atoms with Gasteiger partial charge < -0.3 is 15.2 Å². The number of alkyl halides is 3. The van der Waals surface area contributed by atoms with Crippen molar-refractivity contribution in [2.24, 2.45) is 11.1 Å². The van der Waals surface area contributed by atoms with Crippen LogP contribution in [0.1, 0.15) is 20.3 Å². The first kappa shape index (κ1) is 15.6. The molecule has 0 fully saturated rings. The Morgan fingerprint density at radius 2 is 1.68 bits per heavy atom. The molecule has 108 valence electrons. The molecule has 19 heavy (non-hydrogen) atoms. The van der Waals surface area contributed by atoms with E-state index in [1.807, 2.05) is 13.8 Å². The van der Waals surface area contributed by atoms with Crippen LogP contribution in [0.3, 0.4) is 0 Å². The van der Waals surface area contributed by atoms with Crippen LogP contribution in [-0.4, -0.2) is 19.5 Å². The zero-order valence-electron chi connectivity index (χ0n) is 11.0. The molecule has 1 aromatic carbocycles. The summed E-state index contributed by atoms with van der Waals surface area (Å²) >= 11 is 0. The van der Waals surface area contributed by atoms with E-state index in [2.05, 4.69) is 4.74 Å². The van der Waals surface area contributed by atoms with Gasteiger partial charge in [0.2, 0.25) is 0 Å². The molecular formula is C13H18F3NO2. The van der Waals surface area contributed by atoms with E-state index >= 15 is 0 Å². The van der Waals surface area contributed by atoms with E-state index in [0.29, 0.717) is 13.0 Å². The SMILES string of the molecule is CC(C)(CN)CCOc1ccccc1OC(F)(F)F. The van der Waals surface area contributed by atoms with Crippen LogP contribution in [0.5, 0.6) is 11.5 Å². The molecule has 0 aliphatic carbocycles. The first-order valence-corrected chi connectivity index (χ1v) is 5.91. The summed E-state index contributed by atoms with van der Waals surface area (Å²) < 4.78 is 45.8. The van der Waals surface area contributed by atoms with Gasteiger partial charge in [-0.2, -0.15) is 0 Å². The number of para-hydroxylation sites is 2. The molecule has 0 saturated carbocycles. The minimum atomic E-state index is -4.73. The lowest BCUT2D eigenvalue weighted by molar-refractivity contribution is -0.275. The lowest BCUT2D eigenvalue weighted by Crippen LogP contribution is -2.25. The average molecular weight is 277 g/mol. The summed E-state index contributed by atoms with van der Waals surface area (Å²) in [5.41, 5.74) is 5.46. The Morgan fingerprint density at radius 1 is 1.11 bits per heavy atom. The van der Waals surface area contributed by atoms with Gasteiger partial charge in [0.05, 0.1) is 6.61 Å². The van der Waals surface area contributed by atoms with Crippen molar-refractivity contribution < 1.29 is 22.6 Å². The molecule has 1 rings (SSSR count). The molecular weight excluding hydrogens is 259 g/mol. The summed E-state index contributed by atoms with van der Waals surface area (Å²) in [4.78, 5) is 0. The molecule has 1 aromatic rings. The van der Waals surface area contributed by atoms with Crippen LogP contribution >= 0.6 is 0 Å². The third-order valence-electron chi connectivity index (χ3n) is 2.66. The first-order valence-electron chi connectivity index (χ1n) is 5.91. The molecule has 0 aliphatic rings. The number of benzene rings is 1. The van der Waals surface area contributed by atoms with Crippen molar-refractivity contribution in [2.45, 2.75) is 26.6 Å². The second-order valence-corrected chi connectivity index (χ2v) is 4.96. The number of halogens is 3. The van der Waals surface area contributed by atoms with E-state index in [9.17, 15) is 13.2 Å². The molecule has 0 saturated heterocycles. The smallest absolute Gasteiger partial charge is 0.490 e. The summed E-state index contributed by atoms with van der Waals surface area (Å²) in [6.45, 7) is 4.70. The normalized spacial score (nSPS) is 12.3. The number of ether oxygens (including phenoxy) is 2. The van der Waals surface area contributed by atoms with Crippen LogP contribution in [-0.2, 0) is 0 Å². The molecule has 0 amide bonds. The van der Waals surface area contributed by atoms with Crippen molar-refractivity contribution in [1.29, 1.82) is 0 Å². The maximum Gasteiger partial charge on any atom is 0.573 e. The topological polar surface area (TPSA) is 44.5 Å². The third kappa shape index (κ3) is 5.83. The number of hydrogen-bond acceptors (Lipinski definition) is 3. The number of nitrogens with two attached hydrogens (primary N) is 1. The van der Waals surface area contributed by atoms with Crippen molar-refractivity contribution in [3.63, 3.8) is 0 Å². The Labute approximate surface area is 110 Å². The molecule has 0 atom stereocenters. The zero-order valence-corrected chi connectivity index (χ0v) is 11.0. The molecule has 0 spiro atoms. The van der Waals surface area contributed by atoms with Gasteiger partial charge >= 0.3 is 6.36 Å². The van der Waals surface area contributed by atoms with Crippen molar-refractivity contribution in [1.82, 2.24) is 0 Å². The Hall–Kier alpha value is -1.43. The van der Waals surface area contributed by atoms with Gasteiger partial charge in [0.1, 0.15) is 0 Å². The molecule has 0 heterocycles. The molecule has 0 radical (unpaired) electrons. The summed E-state index contributed by atoms with van der Waals surface area (Å²) in [7, 11) is 0. The van der Waals surface area contributed by atoms with Crippen LogP contribution in [0.25, 0.3) is 0 Å². The average Bonchev–Trinajstić information content (AvgIpc) is 2.29. The lowest BCUT2D eigenvalue weighted by Gasteiger charge is -2.22. The Balaban J connectivity index is 2.63. The highest BCUT2D eigenvalue weighted by molar-refractivity contribution is 5.39. The van der Waals surface area contributed by atoms with Gasteiger partial charge in [-0.1, -0.05) is 26.0 Å². The van der Waals surface area contributed by atoms with Gasteiger partial charge in [-0.25, -0.2) is 0 Å². The van der Waals surface area contributed by atoms with Crippen molar-refractivity contribution in [3.05, 3.63) is 24.3 Å².